The van der Waals surface area contributed by atoms with Crippen LogP contribution in [0.3, 0.4) is 0 Å². The fourth-order valence-electron chi connectivity index (χ4n) is 4.83. The second-order valence-corrected chi connectivity index (χ2v) is 9.12. The molecule has 1 N–H and O–H groups in total. The molecule has 1 atom stereocenters. The summed E-state index contributed by atoms with van der Waals surface area (Å²) in [4.78, 5) is 12.5. The lowest BCUT2D eigenvalue weighted by atomic mass is 9.61. The van der Waals surface area contributed by atoms with E-state index in [4.69, 9.17) is 0 Å². The molecule has 0 fully saturated rings. The Morgan fingerprint density at radius 3 is 1.71 bits per heavy atom. The third-order valence-electron chi connectivity index (χ3n) is 5.70. The van der Waals surface area contributed by atoms with Crippen molar-refractivity contribution in [3.05, 3.63) is 71.8 Å². The van der Waals surface area contributed by atoms with E-state index in [1.807, 2.05) is 24.3 Å². The van der Waals surface area contributed by atoms with Gasteiger partial charge in [-0.25, -0.2) is 0 Å². The van der Waals surface area contributed by atoms with E-state index in [-0.39, 0.29) is 11.3 Å². The number of hydrogen-bond donors (Lipinski definition) is 1. The molecule has 0 aromatic heterocycles. The summed E-state index contributed by atoms with van der Waals surface area (Å²) in [7, 11) is 0. The first-order chi connectivity index (χ1) is 13.3. The van der Waals surface area contributed by atoms with Crippen molar-refractivity contribution in [1.29, 1.82) is 0 Å². The lowest BCUT2D eigenvalue weighted by Crippen LogP contribution is -2.40. The highest BCUT2D eigenvalue weighted by molar-refractivity contribution is 5.71. The number of hydrogen-bond acceptors (Lipinski definition) is 1. The Bertz CT molecular complexity index is 694. The van der Waals surface area contributed by atoms with Crippen molar-refractivity contribution in [3.63, 3.8) is 0 Å². The summed E-state index contributed by atoms with van der Waals surface area (Å²) in [5.41, 5.74) is 2.20. The van der Waals surface area contributed by atoms with Gasteiger partial charge in [0.2, 0.25) is 0 Å². The Morgan fingerprint density at radius 1 is 0.821 bits per heavy atom. The third kappa shape index (κ3) is 6.51. The summed E-state index contributed by atoms with van der Waals surface area (Å²) in [5.74, 6) is -0.0964. The number of benzene rings is 2. The Balaban J connectivity index is 2.39. The van der Waals surface area contributed by atoms with Crippen molar-refractivity contribution in [2.24, 2.45) is 23.2 Å². The molecule has 0 aliphatic rings. The SMILES string of the molecule is CC(C)CC(CCc1ccccc1)(CC(C)C)C(Cc1ccccc1)C(=O)O. The van der Waals surface area contributed by atoms with Gasteiger partial charge in [0.05, 0.1) is 5.92 Å². The third-order valence-corrected chi connectivity index (χ3v) is 5.70. The molecule has 0 amide bonds. The summed E-state index contributed by atoms with van der Waals surface area (Å²) < 4.78 is 0. The fraction of sp³-hybridized carbons (Fsp3) is 0.500. The summed E-state index contributed by atoms with van der Waals surface area (Å²) in [5, 5.41) is 10.3. The van der Waals surface area contributed by atoms with Gasteiger partial charge in [0.15, 0.2) is 0 Å². The summed E-state index contributed by atoms with van der Waals surface area (Å²) in [6.07, 6.45) is 4.34. The first kappa shape index (κ1) is 22.2. The second-order valence-electron chi connectivity index (χ2n) is 9.12. The highest BCUT2D eigenvalue weighted by Gasteiger charge is 2.43. The standard InChI is InChI=1S/C26H36O2/c1-20(2)18-26(19-21(3)4,16-15-22-11-7-5-8-12-22)24(25(27)28)17-23-13-9-6-10-14-23/h5-14,20-21,24H,15-19H2,1-4H3,(H,27,28). The maximum atomic E-state index is 12.5. The Morgan fingerprint density at radius 2 is 1.29 bits per heavy atom. The Hall–Kier alpha value is -2.09. The smallest absolute Gasteiger partial charge is 0.307 e. The van der Waals surface area contributed by atoms with E-state index in [1.54, 1.807) is 0 Å². The van der Waals surface area contributed by atoms with Gasteiger partial charge in [0.1, 0.15) is 0 Å². The van der Waals surface area contributed by atoms with Crippen molar-refractivity contribution >= 4 is 5.97 Å². The predicted octanol–water partition coefficient (Wildman–Crippen LogP) is 6.64. The number of carboxylic acid groups (broad SMARTS) is 1. The first-order valence-corrected chi connectivity index (χ1v) is 10.6. The number of aliphatic carboxylic acids is 1. The van der Waals surface area contributed by atoms with Gasteiger partial charge in [-0.15, -0.1) is 0 Å². The van der Waals surface area contributed by atoms with Gasteiger partial charge in [-0.1, -0.05) is 88.4 Å². The van der Waals surface area contributed by atoms with Crippen LogP contribution in [0.2, 0.25) is 0 Å². The molecule has 28 heavy (non-hydrogen) atoms. The molecule has 0 saturated heterocycles. The van der Waals surface area contributed by atoms with Crippen LogP contribution in [0.4, 0.5) is 0 Å². The monoisotopic (exact) mass is 380 g/mol. The molecule has 0 aliphatic heterocycles. The minimum absolute atomic E-state index is 0.208. The predicted molar refractivity (Wildman–Crippen MR) is 117 cm³/mol. The van der Waals surface area contributed by atoms with Gasteiger partial charge in [0.25, 0.3) is 0 Å². The van der Waals surface area contributed by atoms with Crippen LogP contribution in [0.1, 0.15) is 58.1 Å². The van der Waals surface area contributed by atoms with Gasteiger partial charge < -0.3 is 5.11 Å². The van der Waals surface area contributed by atoms with Crippen LogP contribution < -0.4 is 0 Å². The molecule has 0 spiro atoms. The van der Waals surface area contributed by atoms with Crippen LogP contribution in [0, 0.1) is 23.2 Å². The van der Waals surface area contributed by atoms with Crippen molar-refractivity contribution in [2.45, 2.75) is 59.8 Å². The van der Waals surface area contributed by atoms with Gasteiger partial charge in [-0.05, 0) is 60.5 Å². The topological polar surface area (TPSA) is 37.3 Å². The van der Waals surface area contributed by atoms with Crippen LogP contribution in [0.15, 0.2) is 60.7 Å². The van der Waals surface area contributed by atoms with E-state index in [0.29, 0.717) is 18.3 Å². The molecule has 2 nitrogen and oxygen atoms in total. The van der Waals surface area contributed by atoms with E-state index >= 15 is 0 Å². The lowest BCUT2D eigenvalue weighted by molar-refractivity contribution is -0.148. The van der Waals surface area contributed by atoms with Crippen molar-refractivity contribution in [2.75, 3.05) is 0 Å². The number of carboxylic acids is 1. The molecular weight excluding hydrogens is 344 g/mol. The maximum Gasteiger partial charge on any atom is 0.307 e. The number of rotatable bonds is 11. The van der Waals surface area contributed by atoms with E-state index in [9.17, 15) is 9.90 Å². The molecule has 2 rings (SSSR count). The molecule has 0 aliphatic carbocycles. The van der Waals surface area contributed by atoms with E-state index in [0.717, 1.165) is 31.2 Å². The van der Waals surface area contributed by atoms with Crippen LogP contribution >= 0.6 is 0 Å². The quantitative estimate of drug-likeness (QED) is 0.474. The highest BCUT2D eigenvalue weighted by atomic mass is 16.4. The molecule has 152 valence electrons. The molecule has 2 aromatic carbocycles. The minimum atomic E-state index is -0.654. The van der Waals surface area contributed by atoms with E-state index < -0.39 is 5.97 Å². The maximum absolute atomic E-state index is 12.5. The molecule has 2 aromatic rings. The van der Waals surface area contributed by atoms with Crippen LogP contribution in [0.5, 0.6) is 0 Å². The Kier molecular flexibility index (Phi) is 8.29. The molecule has 2 heteroatoms. The summed E-state index contributed by atoms with van der Waals surface area (Å²) in [6, 6.07) is 20.6. The average Bonchev–Trinajstić information content (AvgIpc) is 2.65. The van der Waals surface area contributed by atoms with Gasteiger partial charge in [0, 0.05) is 0 Å². The largest absolute Gasteiger partial charge is 0.481 e. The van der Waals surface area contributed by atoms with Crippen molar-refractivity contribution in [1.82, 2.24) is 0 Å². The Labute approximate surface area is 171 Å². The average molecular weight is 381 g/mol. The van der Waals surface area contributed by atoms with Crippen LogP contribution in [-0.2, 0) is 17.6 Å². The van der Waals surface area contributed by atoms with Crippen LogP contribution in [-0.4, -0.2) is 11.1 Å². The van der Waals surface area contributed by atoms with Gasteiger partial charge in [-0.3, -0.25) is 4.79 Å². The van der Waals surface area contributed by atoms with Crippen LogP contribution in [0.25, 0.3) is 0 Å². The van der Waals surface area contributed by atoms with Gasteiger partial charge >= 0.3 is 5.97 Å². The normalized spacial score (nSPS) is 13.1. The number of aryl methyl sites for hydroxylation is 1. The summed E-state index contributed by atoms with van der Waals surface area (Å²) >= 11 is 0. The highest BCUT2D eigenvalue weighted by Crippen LogP contribution is 2.46. The molecule has 0 bridgehead atoms. The second kappa shape index (κ2) is 10.5. The zero-order chi connectivity index (χ0) is 20.6. The zero-order valence-electron chi connectivity index (χ0n) is 17.9. The van der Waals surface area contributed by atoms with Gasteiger partial charge in [-0.2, -0.15) is 0 Å². The molecule has 0 heterocycles. The van der Waals surface area contributed by atoms with E-state index in [1.165, 1.54) is 5.56 Å². The number of carbonyl (C=O) groups is 1. The lowest BCUT2D eigenvalue weighted by Gasteiger charge is -2.42. The van der Waals surface area contributed by atoms with Crippen molar-refractivity contribution < 1.29 is 9.90 Å². The molecule has 1 unspecified atom stereocenters. The molecular formula is C26H36O2. The molecule has 0 saturated carbocycles. The minimum Gasteiger partial charge on any atom is -0.481 e. The fourth-order valence-corrected chi connectivity index (χ4v) is 4.83. The van der Waals surface area contributed by atoms with Crippen molar-refractivity contribution in [3.8, 4) is 0 Å². The summed E-state index contributed by atoms with van der Waals surface area (Å²) in [6.45, 7) is 8.89. The first-order valence-electron chi connectivity index (χ1n) is 10.6. The van der Waals surface area contributed by atoms with E-state index in [2.05, 4.69) is 64.1 Å². The zero-order valence-corrected chi connectivity index (χ0v) is 17.9. The molecule has 0 radical (unpaired) electrons.